The molecule has 0 bridgehead atoms. The minimum atomic E-state index is -1.09. The zero-order valence-corrected chi connectivity index (χ0v) is 26.3. The van der Waals surface area contributed by atoms with Crippen molar-refractivity contribution in [3.05, 3.63) is 89.7 Å². The number of aryl methyl sites for hydroxylation is 1. The maximum absolute atomic E-state index is 13.5. The van der Waals surface area contributed by atoms with Crippen molar-refractivity contribution in [3.8, 4) is 11.5 Å². The summed E-state index contributed by atoms with van der Waals surface area (Å²) in [6.07, 6.45) is 3.34. The minimum absolute atomic E-state index is 0.0115. The van der Waals surface area contributed by atoms with Crippen LogP contribution in [0.15, 0.2) is 72.9 Å². The Kier molecular flexibility index (Phi) is 12.3. The number of nitrogens with one attached hydrogen (secondary N) is 1. The lowest BCUT2D eigenvalue weighted by Gasteiger charge is -2.31. The molecule has 1 aromatic heterocycles. The highest BCUT2D eigenvalue weighted by Gasteiger charge is 2.35. The maximum atomic E-state index is 13.5. The van der Waals surface area contributed by atoms with E-state index in [1.807, 2.05) is 43.3 Å². The number of methoxy groups -OCH3 is 1. The van der Waals surface area contributed by atoms with Crippen molar-refractivity contribution >= 4 is 17.8 Å². The van der Waals surface area contributed by atoms with Gasteiger partial charge < -0.3 is 29.0 Å². The number of carbonyl (C=O) groups is 3. The van der Waals surface area contributed by atoms with Gasteiger partial charge in [-0.1, -0.05) is 74.5 Å². The first-order valence-electron chi connectivity index (χ1n) is 15.3. The van der Waals surface area contributed by atoms with Gasteiger partial charge in [0, 0.05) is 18.2 Å². The SMILES string of the molecule is COc1ccnc(C(=O)N[C@H]2COC[C@H](Cc3ccccc3)[C@@H](CCc3ccccc3)[C@H](C)OC2=O)c1OCOC(=O)C(C)C. The average molecular weight is 619 g/mol. The van der Waals surface area contributed by atoms with E-state index in [1.165, 1.54) is 30.5 Å². The van der Waals surface area contributed by atoms with Crippen molar-refractivity contribution in [2.45, 2.75) is 52.2 Å². The molecule has 4 rings (SSSR count). The first-order valence-corrected chi connectivity index (χ1v) is 15.3. The number of cyclic esters (lactones) is 1. The second-order valence-corrected chi connectivity index (χ2v) is 11.4. The summed E-state index contributed by atoms with van der Waals surface area (Å²) in [6.45, 7) is 5.15. The van der Waals surface area contributed by atoms with Crippen molar-refractivity contribution in [3.63, 3.8) is 0 Å². The van der Waals surface area contributed by atoms with Crippen LogP contribution >= 0.6 is 0 Å². The number of aromatic nitrogens is 1. The van der Waals surface area contributed by atoms with Gasteiger partial charge >= 0.3 is 11.9 Å². The van der Waals surface area contributed by atoms with Crippen LogP contribution in [0, 0.1) is 17.8 Å². The van der Waals surface area contributed by atoms with Gasteiger partial charge in [-0.25, -0.2) is 9.78 Å². The van der Waals surface area contributed by atoms with E-state index in [1.54, 1.807) is 13.8 Å². The number of carbonyl (C=O) groups excluding carboxylic acids is 3. The van der Waals surface area contributed by atoms with Crippen LogP contribution in [0.2, 0.25) is 0 Å². The molecule has 1 saturated heterocycles. The topological polar surface area (TPSA) is 122 Å². The van der Waals surface area contributed by atoms with Crippen LogP contribution in [0.4, 0.5) is 0 Å². The Morgan fingerprint density at radius 3 is 2.36 bits per heavy atom. The number of rotatable bonds is 12. The minimum Gasteiger partial charge on any atom is -0.493 e. The van der Waals surface area contributed by atoms with Crippen LogP contribution in [-0.4, -0.2) is 62.1 Å². The molecule has 3 aromatic rings. The van der Waals surface area contributed by atoms with E-state index in [9.17, 15) is 14.4 Å². The number of hydrogen-bond donors (Lipinski definition) is 1. The van der Waals surface area contributed by atoms with Crippen molar-refractivity contribution < 1.29 is 38.1 Å². The Labute approximate surface area is 264 Å². The van der Waals surface area contributed by atoms with Gasteiger partial charge in [-0.15, -0.1) is 0 Å². The van der Waals surface area contributed by atoms with Gasteiger partial charge in [0.15, 0.2) is 23.2 Å². The van der Waals surface area contributed by atoms with Crippen LogP contribution in [0.1, 0.15) is 48.8 Å². The average Bonchev–Trinajstić information content (AvgIpc) is 3.09. The standard InChI is InChI=1S/C35H42N2O8/c1-23(2)34(39)44-22-43-32-30(41-4)17-18-36-31(32)33(38)37-29-21-42-20-27(19-26-13-9-6-10-14-26)28(24(3)45-35(29)40)16-15-25-11-7-5-8-12-25/h5-14,17-18,23-24,27-29H,15-16,19-22H2,1-4H3,(H,37,38)/t24-,27-,28-,29-/m0/s1. The van der Waals surface area contributed by atoms with Crippen LogP contribution in [-0.2, 0) is 36.6 Å². The first-order chi connectivity index (χ1) is 21.8. The highest BCUT2D eigenvalue weighted by atomic mass is 16.7. The summed E-state index contributed by atoms with van der Waals surface area (Å²) in [7, 11) is 1.41. The predicted octanol–water partition coefficient (Wildman–Crippen LogP) is 4.79. The number of pyridine rings is 1. The highest BCUT2D eigenvalue weighted by molar-refractivity contribution is 5.98. The second-order valence-electron chi connectivity index (χ2n) is 11.4. The molecule has 1 aliphatic rings. The van der Waals surface area contributed by atoms with E-state index in [-0.39, 0.29) is 41.6 Å². The van der Waals surface area contributed by atoms with E-state index >= 15 is 0 Å². The number of hydrogen-bond acceptors (Lipinski definition) is 9. The van der Waals surface area contributed by atoms with Gasteiger partial charge in [0.1, 0.15) is 6.10 Å². The summed E-state index contributed by atoms with van der Waals surface area (Å²) in [4.78, 5) is 43.0. The molecule has 240 valence electrons. The highest BCUT2D eigenvalue weighted by Crippen LogP contribution is 2.31. The number of benzene rings is 2. The van der Waals surface area contributed by atoms with Crippen molar-refractivity contribution in [2.75, 3.05) is 27.1 Å². The Morgan fingerprint density at radius 2 is 1.69 bits per heavy atom. The fourth-order valence-electron chi connectivity index (χ4n) is 5.37. The first kappa shape index (κ1) is 33.5. The van der Waals surface area contributed by atoms with Crippen molar-refractivity contribution in [2.24, 2.45) is 17.8 Å². The smallest absolute Gasteiger partial charge is 0.331 e. The summed E-state index contributed by atoms with van der Waals surface area (Å²) < 4.78 is 28.2. The summed E-state index contributed by atoms with van der Waals surface area (Å²) in [5.41, 5.74) is 2.25. The van der Waals surface area contributed by atoms with Crippen LogP contribution < -0.4 is 14.8 Å². The molecule has 0 aliphatic carbocycles. The fourth-order valence-corrected chi connectivity index (χ4v) is 5.37. The van der Waals surface area contributed by atoms with Crippen LogP contribution in [0.5, 0.6) is 11.5 Å². The molecule has 10 nitrogen and oxygen atoms in total. The quantitative estimate of drug-likeness (QED) is 0.225. The number of nitrogens with zero attached hydrogens (tertiary/aromatic N) is 1. The molecular formula is C35H42N2O8. The molecule has 0 saturated carbocycles. The summed E-state index contributed by atoms with van der Waals surface area (Å²) in [6, 6.07) is 20.8. The Hall–Kier alpha value is -4.44. The van der Waals surface area contributed by atoms with Gasteiger partial charge in [0.2, 0.25) is 6.79 Å². The molecule has 10 heteroatoms. The number of ether oxygens (including phenoxy) is 5. The molecule has 1 fully saturated rings. The van der Waals surface area contributed by atoms with E-state index in [2.05, 4.69) is 34.6 Å². The molecule has 0 radical (unpaired) electrons. The molecule has 45 heavy (non-hydrogen) atoms. The van der Waals surface area contributed by atoms with E-state index < -0.39 is 36.8 Å². The summed E-state index contributed by atoms with van der Waals surface area (Å²) in [5.74, 6) is -1.84. The largest absolute Gasteiger partial charge is 0.493 e. The summed E-state index contributed by atoms with van der Waals surface area (Å²) >= 11 is 0. The zero-order valence-electron chi connectivity index (χ0n) is 26.3. The van der Waals surface area contributed by atoms with Gasteiger partial charge in [0.05, 0.1) is 26.2 Å². The third kappa shape index (κ3) is 9.52. The Balaban J connectivity index is 1.50. The van der Waals surface area contributed by atoms with Crippen molar-refractivity contribution in [1.29, 1.82) is 0 Å². The van der Waals surface area contributed by atoms with E-state index in [4.69, 9.17) is 23.7 Å². The molecule has 1 amide bonds. The van der Waals surface area contributed by atoms with Gasteiger partial charge in [-0.2, -0.15) is 0 Å². The predicted molar refractivity (Wildman–Crippen MR) is 167 cm³/mol. The maximum Gasteiger partial charge on any atom is 0.331 e. The van der Waals surface area contributed by atoms with E-state index in [0.29, 0.717) is 6.61 Å². The van der Waals surface area contributed by atoms with Crippen LogP contribution in [0.25, 0.3) is 0 Å². The second kappa shape index (κ2) is 16.6. The molecule has 4 atom stereocenters. The van der Waals surface area contributed by atoms with Gasteiger partial charge in [-0.3, -0.25) is 9.59 Å². The number of amides is 1. The molecule has 2 aromatic carbocycles. The Bertz CT molecular complexity index is 1400. The molecule has 0 unspecified atom stereocenters. The van der Waals surface area contributed by atoms with Crippen LogP contribution in [0.3, 0.4) is 0 Å². The van der Waals surface area contributed by atoms with Gasteiger partial charge in [-0.05, 0) is 43.2 Å². The molecule has 2 heterocycles. The third-order valence-electron chi connectivity index (χ3n) is 7.85. The fraction of sp³-hybridized carbons (Fsp3) is 0.429. The van der Waals surface area contributed by atoms with E-state index in [0.717, 1.165) is 19.3 Å². The lowest BCUT2D eigenvalue weighted by atomic mass is 9.80. The molecule has 1 N–H and O–H groups in total. The zero-order chi connectivity index (χ0) is 32.2. The van der Waals surface area contributed by atoms with Crippen molar-refractivity contribution in [1.82, 2.24) is 10.3 Å². The van der Waals surface area contributed by atoms with Gasteiger partial charge in [0.25, 0.3) is 5.91 Å². The molecule has 1 aliphatic heterocycles. The Morgan fingerprint density at radius 1 is 1.00 bits per heavy atom. The molecular weight excluding hydrogens is 576 g/mol. The third-order valence-corrected chi connectivity index (χ3v) is 7.85. The normalized spacial score (nSPS) is 20.2. The number of esters is 2. The lowest BCUT2D eigenvalue weighted by Crippen LogP contribution is -2.46. The lowest BCUT2D eigenvalue weighted by molar-refractivity contribution is -0.155. The monoisotopic (exact) mass is 618 g/mol. The molecule has 0 spiro atoms. The summed E-state index contributed by atoms with van der Waals surface area (Å²) in [5, 5.41) is 2.70.